The smallest absolute Gasteiger partial charge is 0.274 e. The lowest BCUT2D eigenvalue weighted by Crippen LogP contribution is -2.15. The molecule has 1 aliphatic heterocycles. The molecule has 0 bridgehead atoms. The molecule has 0 unspecified atom stereocenters. The first-order chi connectivity index (χ1) is 13.1. The highest BCUT2D eigenvalue weighted by Crippen LogP contribution is 2.34. The van der Waals surface area contributed by atoms with Gasteiger partial charge in [-0.15, -0.1) is 0 Å². The maximum absolute atomic E-state index is 12.5. The van der Waals surface area contributed by atoms with Crippen molar-refractivity contribution in [2.75, 3.05) is 17.4 Å². The number of aryl methyl sites for hydroxylation is 1. The molecule has 7 nitrogen and oxygen atoms in total. The predicted octanol–water partition coefficient (Wildman–Crippen LogP) is 4.16. The first-order valence-electron chi connectivity index (χ1n) is 8.16. The van der Waals surface area contributed by atoms with Crippen LogP contribution in [0.25, 0.3) is 0 Å². The maximum atomic E-state index is 12.5. The molecule has 1 amide bonds. The average Bonchev–Trinajstić information content (AvgIpc) is 3.11. The number of aromatic nitrogens is 2. The molecule has 0 radical (unpaired) electrons. The summed E-state index contributed by atoms with van der Waals surface area (Å²) in [5.41, 5.74) is 2.27. The molecular weight excluding hydrogens is 368 g/mol. The molecule has 1 aliphatic rings. The Morgan fingerprint density at radius 2 is 1.74 bits per heavy atom. The Morgan fingerprint density at radius 1 is 1.00 bits per heavy atom. The Balaban J connectivity index is 1.54. The van der Waals surface area contributed by atoms with E-state index in [2.05, 4.69) is 20.6 Å². The molecule has 0 saturated carbocycles. The van der Waals surface area contributed by atoms with Gasteiger partial charge in [-0.3, -0.25) is 4.79 Å². The number of hydrogen-bond acceptors (Lipinski definition) is 6. The second-order valence-corrected chi connectivity index (χ2v) is 6.31. The predicted molar refractivity (Wildman–Crippen MR) is 102 cm³/mol. The number of ether oxygens (including phenoxy) is 2. The molecule has 0 spiro atoms. The molecule has 3 aromatic rings. The third-order valence-corrected chi connectivity index (χ3v) is 4.07. The number of fused-ring (bicyclic) bond motifs is 1. The summed E-state index contributed by atoms with van der Waals surface area (Å²) >= 11 is 5.86. The van der Waals surface area contributed by atoms with Gasteiger partial charge in [-0.1, -0.05) is 11.6 Å². The van der Waals surface area contributed by atoms with Gasteiger partial charge in [0.1, 0.15) is 5.69 Å². The lowest BCUT2D eigenvalue weighted by molar-refractivity contribution is 0.102. The molecule has 2 N–H and O–H groups in total. The van der Waals surface area contributed by atoms with Crippen molar-refractivity contribution in [2.24, 2.45) is 0 Å². The van der Waals surface area contributed by atoms with Crippen LogP contribution >= 0.6 is 11.6 Å². The quantitative estimate of drug-likeness (QED) is 0.704. The van der Waals surface area contributed by atoms with Crippen LogP contribution in [-0.2, 0) is 0 Å². The van der Waals surface area contributed by atoms with Crippen LogP contribution in [0.4, 0.5) is 17.3 Å². The molecule has 8 heteroatoms. The summed E-state index contributed by atoms with van der Waals surface area (Å²) in [6.45, 7) is 2.00. The second kappa shape index (κ2) is 7.13. The third-order valence-electron chi connectivity index (χ3n) is 3.82. The van der Waals surface area contributed by atoms with Crippen molar-refractivity contribution < 1.29 is 14.3 Å². The highest BCUT2D eigenvalue weighted by atomic mass is 35.5. The van der Waals surface area contributed by atoms with E-state index >= 15 is 0 Å². The molecule has 2 heterocycles. The van der Waals surface area contributed by atoms with Gasteiger partial charge in [0.2, 0.25) is 12.7 Å². The number of anilines is 3. The van der Waals surface area contributed by atoms with Crippen molar-refractivity contribution in [3.63, 3.8) is 0 Å². The van der Waals surface area contributed by atoms with Crippen LogP contribution < -0.4 is 20.1 Å². The average molecular weight is 383 g/mol. The molecule has 0 aliphatic carbocycles. The van der Waals surface area contributed by atoms with Crippen LogP contribution in [0.3, 0.4) is 0 Å². The van der Waals surface area contributed by atoms with Gasteiger partial charge in [-0.2, -0.15) is 0 Å². The van der Waals surface area contributed by atoms with E-state index in [4.69, 9.17) is 21.1 Å². The minimum Gasteiger partial charge on any atom is -0.454 e. The van der Waals surface area contributed by atoms with Crippen molar-refractivity contribution in [3.8, 4) is 11.5 Å². The first kappa shape index (κ1) is 17.1. The van der Waals surface area contributed by atoms with Crippen molar-refractivity contribution in [1.29, 1.82) is 0 Å². The second-order valence-electron chi connectivity index (χ2n) is 5.87. The summed E-state index contributed by atoms with van der Waals surface area (Å²) in [5.74, 6) is 1.31. The van der Waals surface area contributed by atoms with E-state index in [9.17, 15) is 4.79 Å². The number of nitrogens with zero attached hydrogens (tertiary/aromatic N) is 2. The third kappa shape index (κ3) is 3.93. The maximum Gasteiger partial charge on any atom is 0.274 e. The van der Waals surface area contributed by atoms with E-state index in [1.807, 2.05) is 6.07 Å². The van der Waals surface area contributed by atoms with E-state index < -0.39 is 0 Å². The van der Waals surface area contributed by atoms with Gasteiger partial charge >= 0.3 is 0 Å². The number of rotatable bonds is 4. The molecule has 27 heavy (non-hydrogen) atoms. The van der Waals surface area contributed by atoms with Gasteiger partial charge in [0.05, 0.1) is 0 Å². The Labute approximate surface area is 160 Å². The molecule has 136 valence electrons. The van der Waals surface area contributed by atoms with Gasteiger partial charge in [0.25, 0.3) is 5.91 Å². The minimum atomic E-state index is -0.337. The van der Waals surface area contributed by atoms with Crippen LogP contribution in [0.2, 0.25) is 5.02 Å². The standard InChI is InChI=1S/C19H15ClN4O3/c1-11-8-15(18(25)22-13-4-2-12(20)3-5-13)24-19(21-11)23-14-6-7-16-17(9-14)27-10-26-16/h2-9H,10H2,1H3,(H,22,25)(H,21,23,24). The lowest BCUT2D eigenvalue weighted by atomic mass is 10.2. The van der Waals surface area contributed by atoms with E-state index in [0.717, 1.165) is 5.69 Å². The van der Waals surface area contributed by atoms with Gasteiger partial charge in [0.15, 0.2) is 11.5 Å². The number of hydrogen-bond donors (Lipinski definition) is 2. The number of nitrogens with one attached hydrogen (secondary N) is 2. The Hall–Kier alpha value is -3.32. The number of carbonyl (C=O) groups excluding carboxylic acids is 1. The van der Waals surface area contributed by atoms with E-state index in [-0.39, 0.29) is 18.4 Å². The van der Waals surface area contributed by atoms with Gasteiger partial charge < -0.3 is 20.1 Å². The number of benzene rings is 2. The summed E-state index contributed by atoms with van der Waals surface area (Å²) in [5, 5.41) is 6.47. The molecule has 0 saturated heterocycles. The Kier molecular flexibility index (Phi) is 4.52. The summed E-state index contributed by atoms with van der Waals surface area (Å²) < 4.78 is 10.7. The molecule has 2 aromatic carbocycles. The van der Waals surface area contributed by atoms with E-state index in [1.54, 1.807) is 49.4 Å². The Morgan fingerprint density at radius 3 is 2.56 bits per heavy atom. The van der Waals surface area contributed by atoms with Crippen molar-refractivity contribution in [3.05, 3.63) is 64.9 Å². The van der Waals surface area contributed by atoms with Crippen LogP contribution in [0, 0.1) is 6.92 Å². The van der Waals surface area contributed by atoms with E-state index in [0.29, 0.717) is 33.9 Å². The van der Waals surface area contributed by atoms with Crippen LogP contribution in [-0.4, -0.2) is 22.7 Å². The minimum absolute atomic E-state index is 0.203. The molecule has 0 atom stereocenters. The zero-order chi connectivity index (χ0) is 18.8. The van der Waals surface area contributed by atoms with Gasteiger partial charge in [-0.25, -0.2) is 9.97 Å². The summed E-state index contributed by atoms with van der Waals surface area (Å²) in [6, 6.07) is 13.9. The zero-order valence-corrected chi connectivity index (χ0v) is 15.1. The fourth-order valence-electron chi connectivity index (χ4n) is 2.57. The SMILES string of the molecule is Cc1cc(C(=O)Nc2ccc(Cl)cc2)nc(Nc2ccc3c(c2)OCO3)n1. The van der Waals surface area contributed by atoms with Crippen molar-refractivity contribution >= 4 is 34.8 Å². The molecular formula is C19H15ClN4O3. The summed E-state index contributed by atoms with van der Waals surface area (Å²) in [6.07, 6.45) is 0. The van der Waals surface area contributed by atoms with Crippen molar-refractivity contribution in [2.45, 2.75) is 6.92 Å². The normalized spacial score (nSPS) is 11.9. The summed E-state index contributed by atoms with van der Waals surface area (Å²) in [4.78, 5) is 21.1. The first-order valence-corrected chi connectivity index (χ1v) is 8.54. The number of carbonyl (C=O) groups is 1. The monoisotopic (exact) mass is 382 g/mol. The van der Waals surface area contributed by atoms with E-state index in [1.165, 1.54) is 0 Å². The van der Waals surface area contributed by atoms with Crippen LogP contribution in [0.15, 0.2) is 48.5 Å². The van der Waals surface area contributed by atoms with Crippen LogP contribution in [0.5, 0.6) is 11.5 Å². The highest BCUT2D eigenvalue weighted by Gasteiger charge is 2.15. The van der Waals surface area contributed by atoms with Gasteiger partial charge in [-0.05, 0) is 49.4 Å². The Bertz CT molecular complexity index is 1010. The molecule has 0 fully saturated rings. The summed E-state index contributed by atoms with van der Waals surface area (Å²) in [7, 11) is 0. The van der Waals surface area contributed by atoms with Crippen LogP contribution in [0.1, 0.15) is 16.2 Å². The largest absolute Gasteiger partial charge is 0.454 e. The topological polar surface area (TPSA) is 85.4 Å². The lowest BCUT2D eigenvalue weighted by Gasteiger charge is -2.09. The van der Waals surface area contributed by atoms with Gasteiger partial charge in [0, 0.05) is 28.2 Å². The van der Waals surface area contributed by atoms with Crippen molar-refractivity contribution in [1.82, 2.24) is 9.97 Å². The zero-order valence-electron chi connectivity index (χ0n) is 14.3. The molecule has 4 rings (SSSR count). The fourth-order valence-corrected chi connectivity index (χ4v) is 2.70. The number of halogens is 1. The highest BCUT2D eigenvalue weighted by molar-refractivity contribution is 6.30. The molecule has 1 aromatic heterocycles. The number of amides is 1. The fraction of sp³-hybridized carbons (Fsp3) is 0.105.